The molecule has 7 nitrogen and oxygen atoms in total. The third kappa shape index (κ3) is 6.51. The van der Waals surface area contributed by atoms with Crippen LogP contribution in [0.4, 0.5) is 0 Å². The number of aryl methyl sites for hydroxylation is 2. The van der Waals surface area contributed by atoms with Crippen LogP contribution in [-0.2, 0) is 24.3 Å². The summed E-state index contributed by atoms with van der Waals surface area (Å²) in [6.45, 7) is 8.23. The monoisotopic (exact) mass is 354 g/mol. The number of amides is 1. The zero-order valence-electron chi connectivity index (χ0n) is 14.0. The molecular formula is C16H22N2O5S. The molecule has 1 amide bonds. The zero-order valence-corrected chi connectivity index (χ0v) is 14.8. The third-order valence-corrected chi connectivity index (χ3v) is 4.52. The van der Waals surface area contributed by atoms with E-state index in [1.165, 1.54) is 12.1 Å². The Morgan fingerprint density at radius 1 is 1.17 bits per heavy atom. The summed E-state index contributed by atoms with van der Waals surface area (Å²) in [5.74, 6) is -1.25. The van der Waals surface area contributed by atoms with Crippen molar-refractivity contribution in [3.63, 3.8) is 0 Å². The van der Waals surface area contributed by atoms with Crippen molar-refractivity contribution < 1.29 is 22.7 Å². The number of hydrogen-bond acceptors (Lipinski definition) is 5. The lowest BCUT2D eigenvalue weighted by Crippen LogP contribution is -2.39. The molecule has 1 aromatic rings. The summed E-state index contributed by atoms with van der Waals surface area (Å²) < 4.78 is 31.2. The smallest absolute Gasteiger partial charge is 0.325 e. The van der Waals surface area contributed by atoms with Gasteiger partial charge in [-0.3, -0.25) is 9.59 Å². The molecule has 8 heteroatoms. The predicted octanol–water partition coefficient (Wildman–Crippen LogP) is 0.817. The Morgan fingerprint density at radius 2 is 1.83 bits per heavy atom. The molecular weight excluding hydrogens is 332 g/mol. The van der Waals surface area contributed by atoms with Gasteiger partial charge in [0.15, 0.2) is 0 Å². The highest BCUT2D eigenvalue weighted by Crippen LogP contribution is 2.14. The number of ether oxygens (including phenoxy) is 1. The second-order valence-electron chi connectivity index (χ2n) is 5.47. The lowest BCUT2D eigenvalue weighted by atomic mass is 10.1. The Morgan fingerprint density at radius 3 is 2.42 bits per heavy atom. The van der Waals surface area contributed by atoms with Crippen LogP contribution >= 0.6 is 0 Å². The van der Waals surface area contributed by atoms with E-state index in [0.29, 0.717) is 5.57 Å². The average Bonchev–Trinajstić information content (AvgIpc) is 2.51. The molecule has 0 saturated carbocycles. The Bertz CT molecular complexity index is 741. The van der Waals surface area contributed by atoms with E-state index in [1.807, 2.05) is 6.92 Å². The van der Waals surface area contributed by atoms with Crippen LogP contribution in [0.1, 0.15) is 18.1 Å². The lowest BCUT2D eigenvalue weighted by molar-refractivity contribution is -0.142. The van der Waals surface area contributed by atoms with Crippen LogP contribution in [0.2, 0.25) is 0 Å². The largest absolute Gasteiger partial charge is 0.460 e. The number of carbonyl (C=O) groups excluding carboxylic acids is 2. The first-order valence-electron chi connectivity index (χ1n) is 7.25. The van der Waals surface area contributed by atoms with Gasteiger partial charge in [0.25, 0.3) is 0 Å². The molecule has 0 atom stereocenters. The summed E-state index contributed by atoms with van der Waals surface area (Å²) >= 11 is 0. The van der Waals surface area contributed by atoms with Crippen LogP contribution in [0.5, 0.6) is 0 Å². The van der Waals surface area contributed by atoms with Crippen LogP contribution in [0.15, 0.2) is 35.2 Å². The van der Waals surface area contributed by atoms with Crippen molar-refractivity contribution in [2.45, 2.75) is 25.7 Å². The minimum Gasteiger partial charge on any atom is -0.460 e. The van der Waals surface area contributed by atoms with Crippen molar-refractivity contribution in [1.82, 2.24) is 10.0 Å². The van der Waals surface area contributed by atoms with Crippen LogP contribution in [-0.4, -0.2) is 40.0 Å². The molecule has 0 aliphatic carbocycles. The molecule has 2 N–H and O–H groups in total. The fourth-order valence-corrected chi connectivity index (χ4v) is 2.68. The molecule has 1 rings (SSSR count). The number of rotatable bonds is 8. The van der Waals surface area contributed by atoms with Crippen LogP contribution in [0, 0.1) is 13.8 Å². The Labute approximate surface area is 142 Å². The van der Waals surface area contributed by atoms with Gasteiger partial charge in [0.1, 0.15) is 13.2 Å². The van der Waals surface area contributed by atoms with E-state index in [-0.39, 0.29) is 18.0 Å². The van der Waals surface area contributed by atoms with Crippen molar-refractivity contribution in [2.24, 2.45) is 0 Å². The van der Waals surface area contributed by atoms with Gasteiger partial charge in [0.05, 0.1) is 11.4 Å². The second-order valence-corrected chi connectivity index (χ2v) is 7.23. The van der Waals surface area contributed by atoms with Gasteiger partial charge < -0.3 is 10.1 Å². The fraction of sp³-hybridized carbons (Fsp3) is 0.375. The molecule has 1 aromatic carbocycles. The first-order chi connectivity index (χ1) is 11.1. The van der Waals surface area contributed by atoms with E-state index >= 15 is 0 Å². The van der Waals surface area contributed by atoms with E-state index in [9.17, 15) is 18.0 Å². The molecule has 24 heavy (non-hydrogen) atoms. The predicted molar refractivity (Wildman–Crippen MR) is 89.9 cm³/mol. The van der Waals surface area contributed by atoms with Crippen molar-refractivity contribution >= 4 is 21.9 Å². The maximum absolute atomic E-state index is 12.1. The summed E-state index contributed by atoms with van der Waals surface area (Å²) in [4.78, 5) is 23.0. The summed E-state index contributed by atoms with van der Waals surface area (Å²) in [5, 5.41) is 2.28. The van der Waals surface area contributed by atoms with Gasteiger partial charge in [-0.05, 0) is 49.6 Å². The third-order valence-electron chi connectivity index (χ3n) is 3.12. The first kappa shape index (κ1) is 19.9. The second kappa shape index (κ2) is 8.60. The van der Waals surface area contributed by atoms with Crippen molar-refractivity contribution in [2.75, 3.05) is 19.7 Å². The Balaban J connectivity index is 2.49. The maximum Gasteiger partial charge on any atom is 0.325 e. The summed E-state index contributed by atoms with van der Waals surface area (Å²) in [5.41, 5.74) is 2.48. The van der Waals surface area contributed by atoms with Gasteiger partial charge in [0.2, 0.25) is 15.9 Å². The van der Waals surface area contributed by atoms with Gasteiger partial charge >= 0.3 is 5.97 Å². The Kier molecular flexibility index (Phi) is 7.12. The number of hydrogen-bond donors (Lipinski definition) is 2. The molecule has 132 valence electrons. The van der Waals surface area contributed by atoms with Crippen molar-refractivity contribution in [3.8, 4) is 0 Å². The highest BCUT2D eigenvalue weighted by Gasteiger charge is 2.16. The van der Waals surface area contributed by atoms with Crippen molar-refractivity contribution in [1.29, 1.82) is 0 Å². The van der Waals surface area contributed by atoms with E-state index in [4.69, 9.17) is 4.74 Å². The molecule has 0 aromatic heterocycles. The van der Waals surface area contributed by atoms with Gasteiger partial charge in [-0.15, -0.1) is 0 Å². The zero-order chi connectivity index (χ0) is 18.3. The van der Waals surface area contributed by atoms with Gasteiger partial charge in [-0.1, -0.05) is 12.6 Å². The SMILES string of the molecule is C=C(C)COC(=O)CNC(=O)CNS(=O)(=O)c1ccc(C)c(C)c1. The number of nitrogens with one attached hydrogen (secondary N) is 2. The lowest BCUT2D eigenvalue weighted by Gasteiger charge is -2.09. The molecule has 0 fully saturated rings. The summed E-state index contributed by atoms with van der Waals surface area (Å²) in [6, 6.07) is 4.70. The standard InChI is InChI=1S/C16H22N2O5S/c1-11(2)10-23-16(20)9-17-15(19)8-18-24(21,22)14-6-5-12(3)13(4)7-14/h5-7,18H,1,8-10H2,2-4H3,(H,17,19). The normalized spacial score (nSPS) is 11.0. The summed E-state index contributed by atoms with van der Waals surface area (Å²) in [7, 11) is -3.79. The van der Waals surface area contributed by atoms with Crippen LogP contribution < -0.4 is 10.0 Å². The quantitative estimate of drug-likeness (QED) is 0.531. The topological polar surface area (TPSA) is 102 Å². The van der Waals surface area contributed by atoms with Crippen LogP contribution in [0.3, 0.4) is 0 Å². The van der Waals surface area contributed by atoms with Crippen LogP contribution in [0.25, 0.3) is 0 Å². The minimum atomic E-state index is -3.79. The molecule has 0 aliphatic rings. The number of carbonyl (C=O) groups is 2. The minimum absolute atomic E-state index is 0.0775. The number of sulfonamides is 1. The molecule has 0 radical (unpaired) electrons. The van der Waals surface area contributed by atoms with E-state index < -0.39 is 28.4 Å². The van der Waals surface area contributed by atoms with E-state index in [1.54, 1.807) is 19.9 Å². The van der Waals surface area contributed by atoms with Crippen molar-refractivity contribution in [3.05, 3.63) is 41.5 Å². The first-order valence-corrected chi connectivity index (χ1v) is 8.74. The Hall–Kier alpha value is -2.19. The summed E-state index contributed by atoms with van der Waals surface area (Å²) in [6.07, 6.45) is 0. The van der Waals surface area contributed by atoms with Gasteiger partial charge in [-0.25, -0.2) is 13.1 Å². The number of benzene rings is 1. The fourth-order valence-electron chi connectivity index (χ4n) is 1.61. The molecule has 0 heterocycles. The maximum atomic E-state index is 12.1. The molecule has 0 bridgehead atoms. The highest BCUT2D eigenvalue weighted by molar-refractivity contribution is 7.89. The van der Waals surface area contributed by atoms with E-state index in [2.05, 4.69) is 16.6 Å². The molecule has 0 unspecified atom stereocenters. The molecule has 0 aliphatic heterocycles. The van der Waals surface area contributed by atoms with E-state index in [0.717, 1.165) is 11.1 Å². The highest BCUT2D eigenvalue weighted by atomic mass is 32.2. The van der Waals surface area contributed by atoms with Gasteiger partial charge in [0, 0.05) is 0 Å². The molecule has 0 spiro atoms. The average molecular weight is 354 g/mol. The molecule has 0 saturated heterocycles. The van der Waals surface area contributed by atoms with Gasteiger partial charge in [-0.2, -0.15) is 0 Å². The number of esters is 1.